The highest BCUT2D eigenvalue weighted by molar-refractivity contribution is 6.39. The van der Waals surface area contributed by atoms with Crippen LogP contribution in [0.25, 0.3) is 10.8 Å². The first-order valence-electron chi connectivity index (χ1n) is 8.67. The summed E-state index contributed by atoms with van der Waals surface area (Å²) in [4.78, 5) is 24.3. The molecule has 0 aliphatic rings. The third-order valence-corrected chi connectivity index (χ3v) is 4.43. The summed E-state index contributed by atoms with van der Waals surface area (Å²) in [5.74, 6) is -1.56. The molecule has 2 N–H and O–H groups in total. The highest BCUT2D eigenvalue weighted by atomic mass is 16.2. The molecule has 0 unspecified atom stereocenters. The van der Waals surface area contributed by atoms with Crippen LogP contribution < -0.4 is 10.7 Å². The molecule has 5 heteroatoms. The van der Waals surface area contributed by atoms with Gasteiger partial charge in [-0.1, -0.05) is 60.7 Å². The number of nitrogens with zero attached hydrogens (tertiary/aromatic N) is 1. The van der Waals surface area contributed by atoms with Gasteiger partial charge in [0.05, 0.1) is 5.71 Å². The number of benzene rings is 3. The first-order chi connectivity index (χ1) is 13.0. The Morgan fingerprint density at radius 1 is 0.815 bits per heavy atom. The molecule has 0 saturated carbocycles. The second-order valence-corrected chi connectivity index (χ2v) is 6.39. The quantitative estimate of drug-likeness (QED) is 0.422. The molecule has 2 amide bonds. The summed E-state index contributed by atoms with van der Waals surface area (Å²) >= 11 is 0. The van der Waals surface area contributed by atoms with Crippen LogP contribution in [0.15, 0.2) is 65.8 Å². The number of fused-ring (bicyclic) bond motifs is 1. The maximum absolute atomic E-state index is 12.2. The number of hydrogen-bond acceptors (Lipinski definition) is 3. The van der Waals surface area contributed by atoms with E-state index in [0.29, 0.717) is 11.4 Å². The van der Waals surface area contributed by atoms with E-state index in [9.17, 15) is 9.59 Å². The molecule has 27 heavy (non-hydrogen) atoms. The van der Waals surface area contributed by atoms with Crippen molar-refractivity contribution in [2.45, 2.75) is 20.8 Å². The summed E-state index contributed by atoms with van der Waals surface area (Å²) < 4.78 is 0. The molecule has 0 aliphatic carbocycles. The molecule has 136 valence electrons. The number of carbonyl (C=O) groups is 2. The highest BCUT2D eigenvalue weighted by Crippen LogP contribution is 2.20. The maximum atomic E-state index is 12.2. The Balaban J connectivity index is 1.74. The van der Waals surface area contributed by atoms with Gasteiger partial charge in [0, 0.05) is 11.3 Å². The zero-order valence-electron chi connectivity index (χ0n) is 15.5. The molecule has 0 saturated heterocycles. The Hall–Kier alpha value is -3.47. The highest BCUT2D eigenvalue weighted by Gasteiger charge is 2.15. The summed E-state index contributed by atoms with van der Waals surface area (Å²) in [6.07, 6.45) is 0. The van der Waals surface area contributed by atoms with Crippen molar-refractivity contribution < 1.29 is 9.59 Å². The Kier molecular flexibility index (Phi) is 5.31. The Morgan fingerprint density at radius 2 is 1.44 bits per heavy atom. The lowest BCUT2D eigenvalue weighted by Crippen LogP contribution is -2.33. The van der Waals surface area contributed by atoms with Crippen LogP contribution >= 0.6 is 0 Å². The first kappa shape index (κ1) is 18.3. The fourth-order valence-electron chi connectivity index (χ4n) is 2.97. The lowest BCUT2D eigenvalue weighted by Gasteiger charge is -2.11. The van der Waals surface area contributed by atoms with Crippen LogP contribution in [-0.2, 0) is 9.59 Å². The topological polar surface area (TPSA) is 70.6 Å². The SMILES string of the molecule is C/C(=N\NC(=O)C(=O)Nc1c(C)cccc1C)c1cccc2ccccc12. The number of anilines is 1. The average Bonchev–Trinajstić information content (AvgIpc) is 2.68. The van der Waals surface area contributed by atoms with Crippen LogP contribution in [0.1, 0.15) is 23.6 Å². The zero-order chi connectivity index (χ0) is 19.4. The summed E-state index contributed by atoms with van der Waals surface area (Å²) in [6.45, 7) is 5.55. The van der Waals surface area contributed by atoms with Gasteiger partial charge in [-0.25, -0.2) is 5.43 Å². The van der Waals surface area contributed by atoms with E-state index in [2.05, 4.69) is 15.8 Å². The molecule has 5 nitrogen and oxygen atoms in total. The molecule has 0 bridgehead atoms. The van der Waals surface area contributed by atoms with Gasteiger partial charge in [0.15, 0.2) is 0 Å². The van der Waals surface area contributed by atoms with E-state index in [-0.39, 0.29) is 0 Å². The van der Waals surface area contributed by atoms with E-state index in [1.165, 1.54) is 0 Å². The van der Waals surface area contributed by atoms with E-state index in [1.54, 1.807) is 6.92 Å². The maximum Gasteiger partial charge on any atom is 0.329 e. The standard InChI is InChI=1S/C22H21N3O2/c1-14-8-6-9-15(2)20(14)23-21(26)22(27)25-24-16(3)18-13-7-11-17-10-4-5-12-19(17)18/h4-13H,1-3H3,(H,23,26)(H,25,27)/b24-16+. The molecule has 0 spiro atoms. The van der Waals surface area contributed by atoms with Crippen molar-refractivity contribution in [1.29, 1.82) is 0 Å². The lowest BCUT2D eigenvalue weighted by atomic mass is 10.0. The molecular formula is C22H21N3O2. The van der Waals surface area contributed by atoms with Gasteiger partial charge in [0.25, 0.3) is 0 Å². The Morgan fingerprint density at radius 3 is 2.19 bits per heavy atom. The van der Waals surface area contributed by atoms with E-state index in [1.807, 2.05) is 74.5 Å². The van der Waals surface area contributed by atoms with Crippen molar-refractivity contribution in [2.24, 2.45) is 5.10 Å². The molecular weight excluding hydrogens is 338 g/mol. The Bertz CT molecular complexity index is 1030. The van der Waals surface area contributed by atoms with E-state index < -0.39 is 11.8 Å². The van der Waals surface area contributed by atoms with Crippen LogP contribution in [0, 0.1) is 13.8 Å². The van der Waals surface area contributed by atoms with Gasteiger partial charge < -0.3 is 5.32 Å². The van der Waals surface area contributed by atoms with Gasteiger partial charge in [-0.3, -0.25) is 9.59 Å². The summed E-state index contributed by atoms with van der Waals surface area (Å²) in [5.41, 5.74) is 6.31. The average molecular weight is 359 g/mol. The van der Waals surface area contributed by atoms with Gasteiger partial charge in [0.1, 0.15) is 0 Å². The number of hydrazone groups is 1. The Labute approximate surface area is 158 Å². The van der Waals surface area contributed by atoms with Gasteiger partial charge in [-0.15, -0.1) is 0 Å². The third kappa shape index (κ3) is 4.03. The van der Waals surface area contributed by atoms with Crippen LogP contribution in [-0.4, -0.2) is 17.5 Å². The largest absolute Gasteiger partial charge is 0.329 e. The van der Waals surface area contributed by atoms with Crippen molar-refractivity contribution in [2.75, 3.05) is 5.32 Å². The minimum Gasteiger partial charge on any atom is -0.317 e. The number of hydrogen-bond donors (Lipinski definition) is 2. The first-order valence-corrected chi connectivity index (χ1v) is 8.67. The monoisotopic (exact) mass is 359 g/mol. The minimum atomic E-state index is -0.808. The number of para-hydroxylation sites is 1. The van der Waals surface area contributed by atoms with Crippen molar-refractivity contribution in [3.8, 4) is 0 Å². The molecule has 3 aromatic rings. The number of nitrogens with one attached hydrogen (secondary N) is 2. The fourth-order valence-corrected chi connectivity index (χ4v) is 2.97. The molecule has 0 atom stereocenters. The van der Waals surface area contributed by atoms with E-state index in [4.69, 9.17) is 0 Å². The predicted octanol–water partition coefficient (Wildman–Crippen LogP) is 3.94. The lowest BCUT2D eigenvalue weighted by molar-refractivity contribution is -0.136. The van der Waals surface area contributed by atoms with Crippen LogP contribution in [0.5, 0.6) is 0 Å². The molecule has 0 fully saturated rings. The molecule has 0 radical (unpaired) electrons. The summed E-state index contributed by atoms with van der Waals surface area (Å²) in [7, 11) is 0. The smallest absolute Gasteiger partial charge is 0.317 e. The molecule has 3 aromatic carbocycles. The van der Waals surface area contributed by atoms with Gasteiger partial charge in [-0.05, 0) is 42.7 Å². The second-order valence-electron chi connectivity index (χ2n) is 6.39. The van der Waals surface area contributed by atoms with Crippen LogP contribution in [0.4, 0.5) is 5.69 Å². The molecule has 3 rings (SSSR count). The summed E-state index contributed by atoms with van der Waals surface area (Å²) in [5, 5.41) is 8.88. The van der Waals surface area contributed by atoms with Crippen molar-refractivity contribution in [1.82, 2.24) is 5.43 Å². The number of aryl methyl sites for hydroxylation is 2. The van der Waals surface area contributed by atoms with Gasteiger partial charge in [0.2, 0.25) is 0 Å². The molecule has 0 heterocycles. The van der Waals surface area contributed by atoms with Gasteiger partial charge in [-0.2, -0.15) is 5.10 Å². The van der Waals surface area contributed by atoms with Crippen LogP contribution in [0.3, 0.4) is 0 Å². The third-order valence-electron chi connectivity index (χ3n) is 4.43. The number of rotatable bonds is 3. The fraction of sp³-hybridized carbons (Fsp3) is 0.136. The van der Waals surface area contributed by atoms with Crippen LogP contribution in [0.2, 0.25) is 0 Å². The van der Waals surface area contributed by atoms with E-state index in [0.717, 1.165) is 27.5 Å². The molecule has 0 aromatic heterocycles. The van der Waals surface area contributed by atoms with E-state index >= 15 is 0 Å². The molecule has 0 aliphatic heterocycles. The zero-order valence-corrected chi connectivity index (χ0v) is 15.5. The second kappa shape index (κ2) is 7.83. The van der Waals surface area contributed by atoms with Gasteiger partial charge >= 0.3 is 11.8 Å². The van der Waals surface area contributed by atoms with Crippen molar-refractivity contribution in [3.63, 3.8) is 0 Å². The summed E-state index contributed by atoms with van der Waals surface area (Å²) in [6, 6.07) is 19.5. The van der Waals surface area contributed by atoms with Crippen molar-refractivity contribution in [3.05, 3.63) is 77.4 Å². The predicted molar refractivity (Wildman–Crippen MR) is 109 cm³/mol. The number of carbonyl (C=O) groups excluding carboxylic acids is 2. The van der Waals surface area contributed by atoms with Crippen molar-refractivity contribution >= 4 is 34.0 Å². The normalized spacial score (nSPS) is 11.3. The number of amides is 2. The minimum absolute atomic E-state index is 0.625.